The molecule has 0 spiro atoms. The summed E-state index contributed by atoms with van der Waals surface area (Å²) in [4.78, 5) is 11.8. The molecule has 0 aliphatic heterocycles. The van der Waals surface area contributed by atoms with Gasteiger partial charge < -0.3 is 0 Å². The molecule has 15 heavy (non-hydrogen) atoms. The second-order valence-corrected chi connectivity index (χ2v) is 6.25. The van der Waals surface area contributed by atoms with Crippen molar-refractivity contribution < 1.29 is 4.79 Å². The zero-order valence-electron chi connectivity index (χ0n) is 7.78. The van der Waals surface area contributed by atoms with E-state index in [0.717, 1.165) is 16.7 Å². The average molecular weight is 328 g/mol. The van der Waals surface area contributed by atoms with Crippen molar-refractivity contribution in [2.45, 2.75) is 3.74 Å². The summed E-state index contributed by atoms with van der Waals surface area (Å²) in [5.74, 6) is 0.0520. The third-order valence-electron chi connectivity index (χ3n) is 2.26. The molecule has 0 fully saturated rings. The van der Waals surface area contributed by atoms with Gasteiger partial charge in [-0.05, 0) is 11.1 Å². The van der Waals surface area contributed by atoms with Gasteiger partial charge >= 0.3 is 0 Å². The predicted molar refractivity (Wildman–Crippen MR) is 69.0 cm³/mol. The predicted octanol–water partition coefficient (Wildman–Crippen LogP) is 4.09. The third-order valence-corrected chi connectivity index (χ3v) is 3.09. The summed E-state index contributed by atoms with van der Waals surface area (Å²) < 4.78 is -0.318. The molecular formula is C12H8Br2O. The van der Waals surface area contributed by atoms with Crippen LogP contribution in [0, 0.1) is 0 Å². The van der Waals surface area contributed by atoms with E-state index in [1.165, 1.54) is 0 Å². The van der Waals surface area contributed by atoms with Crippen molar-refractivity contribution in [2.24, 2.45) is 0 Å². The number of fused-ring (bicyclic) bond motifs is 1. The Morgan fingerprint density at radius 2 is 1.73 bits per heavy atom. The van der Waals surface area contributed by atoms with Crippen LogP contribution in [-0.2, 0) is 0 Å². The summed E-state index contributed by atoms with van der Waals surface area (Å²) in [5, 5.41) is 0. The van der Waals surface area contributed by atoms with Crippen LogP contribution < -0.4 is 0 Å². The number of carbonyl (C=O) groups excluding carboxylic acids is 1. The first-order valence-electron chi connectivity index (χ1n) is 4.50. The van der Waals surface area contributed by atoms with Crippen molar-refractivity contribution in [3.63, 3.8) is 0 Å². The van der Waals surface area contributed by atoms with Crippen LogP contribution in [0.15, 0.2) is 42.5 Å². The maximum absolute atomic E-state index is 11.8. The van der Waals surface area contributed by atoms with Gasteiger partial charge in [0.25, 0.3) is 0 Å². The van der Waals surface area contributed by atoms with Crippen molar-refractivity contribution in [2.75, 3.05) is 0 Å². The summed E-state index contributed by atoms with van der Waals surface area (Å²) in [6.45, 7) is 0. The van der Waals surface area contributed by atoms with Gasteiger partial charge in [0.2, 0.25) is 0 Å². The van der Waals surface area contributed by atoms with E-state index < -0.39 is 0 Å². The molecule has 0 aromatic heterocycles. The molecule has 0 N–H and O–H groups in total. The first-order chi connectivity index (χ1) is 7.20. The van der Waals surface area contributed by atoms with Gasteiger partial charge in [0, 0.05) is 5.56 Å². The first kappa shape index (κ1) is 10.8. The zero-order chi connectivity index (χ0) is 10.8. The molecule has 0 saturated heterocycles. The molecule has 2 aliphatic rings. The van der Waals surface area contributed by atoms with Crippen LogP contribution in [0.25, 0.3) is 11.1 Å². The van der Waals surface area contributed by atoms with E-state index in [4.69, 9.17) is 0 Å². The van der Waals surface area contributed by atoms with Crippen LogP contribution in [0.5, 0.6) is 0 Å². The Morgan fingerprint density at radius 1 is 1.00 bits per heavy atom. The molecular weight excluding hydrogens is 320 g/mol. The molecule has 0 amide bonds. The van der Waals surface area contributed by atoms with Gasteiger partial charge in [0.1, 0.15) is 3.74 Å². The summed E-state index contributed by atoms with van der Waals surface area (Å²) in [7, 11) is 0. The van der Waals surface area contributed by atoms with Crippen molar-refractivity contribution in [1.82, 2.24) is 0 Å². The summed E-state index contributed by atoms with van der Waals surface area (Å²) in [6, 6.07) is 13.7. The molecule has 0 atom stereocenters. The summed E-state index contributed by atoms with van der Waals surface area (Å²) in [5.41, 5.74) is 2.83. The molecule has 0 heterocycles. The third kappa shape index (κ3) is 2.13. The average Bonchev–Trinajstić information content (AvgIpc) is 2.46. The van der Waals surface area contributed by atoms with Crippen LogP contribution in [-0.4, -0.2) is 9.52 Å². The van der Waals surface area contributed by atoms with E-state index in [9.17, 15) is 4.79 Å². The number of rotatable bonds is 2. The molecule has 2 rings (SSSR count). The van der Waals surface area contributed by atoms with E-state index in [-0.39, 0.29) is 9.52 Å². The van der Waals surface area contributed by atoms with E-state index in [0.29, 0.717) is 0 Å². The standard InChI is InChI=1S/C12H8Br2O/c13-12(14)11(15)10-7-6-8-4-2-1-3-5-9(8)10/h1-7,12H. The Labute approximate surface area is 105 Å². The quantitative estimate of drug-likeness (QED) is 0.599. The Balaban J connectivity index is 2.54. The van der Waals surface area contributed by atoms with Gasteiger partial charge in [0.05, 0.1) is 0 Å². The van der Waals surface area contributed by atoms with Crippen LogP contribution in [0.3, 0.4) is 0 Å². The minimum absolute atomic E-state index is 0.0520. The van der Waals surface area contributed by atoms with Crippen molar-refractivity contribution in [1.29, 1.82) is 0 Å². The zero-order valence-corrected chi connectivity index (χ0v) is 11.0. The highest BCUT2D eigenvalue weighted by atomic mass is 79.9. The Hall–Kier alpha value is -0.670. The van der Waals surface area contributed by atoms with Crippen molar-refractivity contribution in [3.05, 3.63) is 48.0 Å². The number of hydrogen-bond acceptors (Lipinski definition) is 1. The van der Waals surface area contributed by atoms with Crippen LogP contribution >= 0.6 is 31.9 Å². The highest BCUT2D eigenvalue weighted by molar-refractivity contribution is 9.25. The lowest BCUT2D eigenvalue weighted by Gasteiger charge is -2.01. The van der Waals surface area contributed by atoms with E-state index in [1.54, 1.807) is 0 Å². The van der Waals surface area contributed by atoms with Gasteiger partial charge in [-0.3, -0.25) is 4.79 Å². The molecule has 2 aliphatic carbocycles. The number of alkyl halides is 2. The molecule has 3 heteroatoms. The number of hydrogen-bond donors (Lipinski definition) is 0. The Kier molecular flexibility index (Phi) is 3.22. The fourth-order valence-electron chi connectivity index (χ4n) is 1.55. The second kappa shape index (κ2) is 4.45. The minimum Gasteiger partial charge on any atom is -0.292 e. The molecule has 1 nitrogen and oxygen atoms in total. The number of halogens is 2. The molecule has 76 valence electrons. The number of ketones is 1. The molecule has 0 bridgehead atoms. The molecule has 0 aromatic carbocycles. The SMILES string of the molecule is O=C(c1ccc2cccccc1-2)C(Br)Br. The van der Waals surface area contributed by atoms with Gasteiger partial charge in [-0.15, -0.1) is 0 Å². The van der Waals surface area contributed by atoms with Gasteiger partial charge in [-0.2, -0.15) is 0 Å². The van der Waals surface area contributed by atoms with Crippen LogP contribution in [0.2, 0.25) is 0 Å². The number of carbonyl (C=O) groups is 1. The highest BCUT2D eigenvalue weighted by Gasteiger charge is 2.19. The van der Waals surface area contributed by atoms with Gasteiger partial charge in [-0.25, -0.2) is 0 Å². The Morgan fingerprint density at radius 3 is 2.47 bits per heavy atom. The smallest absolute Gasteiger partial charge is 0.187 e. The monoisotopic (exact) mass is 326 g/mol. The van der Waals surface area contributed by atoms with E-state index in [1.807, 2.05) is 42.5 Å². The minimum atomic E-state index is -0.318. The lowest BCUT2D eigenvalue weighted by molar-refractivity contribution is 0.101. The summed E-state index contributed by atoms with van der Waals surface area (Å²) >= 11 is 6.45. The molecule has 0 unspecified atom stereocenters. The lowest BCUT2D eigenvalue weighted by atomic mass is 10.1. The molecule has 0 radical (unpaired) electrons. The normalized spacial score (nSPS) is 10.9. The fraction of sp³-hybridized carbons (Fsp3) is 0.0833. The molecule has 0 aromatic rings. The first-order valence-corrected chi connectivity index (χ1v) is 6.33. The van der Waals surface area contributed by atoms with Gasteiger partial charge in [0.15, 0.2) is 5.78 Å². The topological polar surface area (TPSA) is 17.1 Å². The van der Waals surface area contributed by atoms with Crippen molar-refractivity contribution in [3.8, 4) is 11.1 Å². The lowest BCUT2D eigenvalue weighted by Crippen LogP contribution is -2.06. The maximum Gasteiger partial charge on any atom is 0.187 e. The maximum atomic E-state index is 11.8. The Bertz CT molecular complexity index is 465. The number of Topliss-reactive ketones (excluding diaryl/α,β-unsaturated/α-hetero) is 1. The fourth-order valence-corrected chi connectivity index (χ4v) is 2.04. The van der Waals surface area contributed by atoms with E-state index >= 15 is 0 Å². The highest BCUT2D eigenvalue weighted by Crippen LogP contribution is 2.29. The van der Waals surface area contributed by atoms with E-state index in [2.05, 4.69) is 31.9 Å². The second-order valence-electron chi connectivity index (χ2n) is 3.19. The summed E-state index contributed by atoms with van der Waals surface area (Å²) in [6.07, 6.45) is 0. The van der Waals surface area contributed by atoms with Crippen LogP contribution in [0.1, 0.15) is 10.4 Å². The largest absolute Gasteiger partial charge is 0.292 e. The van der Waals surface area contributed by atoms with Crippen LogP contribution in [0.4, 0.5) is 0 Å². The molecule has 0 saturated carbocycles. The van der Waals surface area contributed by atoms with Crippen molar-refractivity contribution >= 4 is 37.6 Å². The van der Waals surface area contributed by atoms with Gasteiger partial charge in [-0.1, -0.05) is 74.3 Å².